The first-order chi connectivity index (χ1) is 7.96. The first-order valence-corrected chi connectivity index (χ1v) is 7.77. The van der Waals surface area contributed by atoms with Crippen molar-refractivity contribution in [3.63, 3.8) is 0 Å². The van der Waals surface area contributed by atoms with E-state index in [-0.39, 0.29) is 12.4 Å². The van der Waals surface area contributed by atoms with E-state index in [0.717, 1.165) is 10.0 Å². The van der Waals surface area contributed by atoms with Gasteiger partial charge in [-0.3, -0.25) is 4.72 Å². The van der Waals surface area contributed by atoms with Crippen LogP contribution in [0.5, 0.6) is 0 Å². The SMILES string of the molecule is Cc1c(Br)cccc1NS(=O)(=O)CCCCO. The Morgan fingerprint density at radius 1 is 1.35 bits per heavy atom. The largest absolute Gasteiger partial charge is 0.396 e. The van der Waals surface area contributed by atoms with E-state index in [9.17, 15) is 8.42 Å². The molecule has 0 aliphatic heterocycles. The number of nitrogens with one attached hydrogen (secondary N) is 1. The number of benzene rings is 1. The molecule has 0 fully saturated rings. The van der Waals surface area contributed by atoms with Crippen molar-refractivity contribution in [2.75, 3.05) is 17.1 Å². The Kier molecular flexibility index (Phi) is 5.42. The molecule has 0 saturated heterocycles. The Morgan fingerprint density at radius 3 is 2.71 bits per heavy atom. The van der Waals surface area contributed by atoms with Gasteiger partial charge in [0.25, 0.3) is 0 Å². The van der Waals surface area contributed by atoms with Crippen molar-refractivity contribution in [1.29, 1.82) is 0 Å². The van der Waals surface area contributed by atoms with Gasteiger partial charge in [-0.1, -0.05) is 22.0 Å². The van der Waals surface area contributed by atoms with E-state index in [2.05, 4.69) is 20.7 Å². The maximum atomic E-state index is 11.7. The molecule has 96 valence electrons. The van der Waals surface area contributed by atoms with Crippen LogP contribution in [0.4, 0.5) is 5.69 Å². The Morgan fingerprint density at radius 2 is 2.06 bits per heavy atom. The molecule has 0 spiro atoms. The third-order valence-corrected chi connectivity index (χ3v) is 4.57. The first-order valence-electron chi connectivity index (χ1n) is 5.33. The zero-order chi connectivity index (χ0) is 12.9. The van der Waals surface area contributed by atoms with Crippen LogP contribution >= 0.6 is 15.9 Å². The monoisotopic (exact) mass is 321 g/mol. The van der Waals surface area contributed by atoms with Gasteiger partial charge in [-0.15, -0.1) is 0 Å². The van der Waals surface area contributed by atoms with Crippen LogP contribution in [-0.2, 0) is 10.0 Å². The van der Waals surface area contributed by atoms with Gasteiger partial charge in [0.1, 0.15) is 0 Å². The summed E-state index contributed by atoms with van der Waals surface area (Å²) in [7, 11) is -3.33. The predicted molar refractivity (Wildman–Crippen MR) is 72.6 cm³/mol. The molecule has 0 aromatic heterocycles. The molecule has 1 aromatic carbocycles. The summed E-state index contributed by atoms with van der Waals surface area (Å²) >= 11 is 3.35. The maximum Gasteiger partial charge on any atom is 0.232 e. The van der Waals surface area contributed by atoms with Crippen LogP contribution in [-0.4, -0.2) is 25.9 Å². The molecule has 0 heterocycles. The Labute approximate surface area is 110 Å². The van der Waals surface area contributed by atoms with Crippen LogP contribution in [0.1, 0.15) is 18.4 Å². The van der Waals surface area contributed by atoms with Gasteiger partial charge in [0, 0.05) is 11.1 Å². The zero-order valence-corrected chi connectivity index (χ0v) is 12.0. The number of anilines is 1. The molecule has 4 nitrogen and oxygen atoms in total. The van der Waals surface area contributed by atoms with Gasteiger partial charge in [0.2, 0.25) is 10.0 Å². The summed E-state index contributed by atoms with van der Waals surface area (Å²) in [5.41, 5.74) is 1.45. The summed E-state index contributed by atoms with van der Waals surface area (Å²) in [6.07, 6.45) is 0.956. The highest BCUT2D eigenvalue weighted by Gasteiger charge is 2.12. The average molecular weight is 322 g/mol. The second-order valence-electron chi connectivity index (χ2n) is 3.76. The standard InChI is InChI=1S/C11H16BrNO3S/c1-9-10(12)5-4-6-11(9)13-17(15,16)8-3-2-7-14/h4-6,13-14H,2-3,7-8H2,1H3. The van der Waals surface area contributed by atoms with Gasteiger partial charge >= 0.3 is 0 Å². The molecule has 1 rings (SSSR count). The van der Waals surface area contributed by atoms with Crippen molar-refractivity contribution in [2.24, 2.45) is 0 Å². The van der Waals surface area contributed by atoms with Crippen molar-refractivity contribution >= 4 is 31.6 Å². The molecule has 0 atom stereocenters. The minimum Gasteiger partial charge on any atom is -0.396 e. The van der Waals surface area contributed by atoms with E-state index in [1.54, 1.807) is 12.1 Å². The van der Waals surface area contributed by atoms with E-state index < -0.39 is 10.0 Å². The minimum atomic E-state index is -3.33. The summed E-state index contributed by atoms with van der Waals surface area (Å²) in [5, 5.41) is 8.61. The fraction of sp³-hybridized carbons (Fsp3) is 0.455. The minimum absolute atomic E-state index is 0.0193. The third kappa shape index (κ3) is 4.65. The Bertz CT molecular complexity index is 474. The van der Waals surface area contributed by atoms with Crippen molar-refractivity contribution in [1.82, 2.24) is 0 Å². The predicted octanol–water partition coefficient (Wildman–Crippen LogP) is 2.27. The molecule has 0 radical (unpaired) electrons. The van der Waals surface area contributed by atoms with Crippen LogP contribution in [0.25, 0.3) is 0 Å². The smallest absolute Gasteiger partial charge is 0.232 e. The number of hydrogen-bond acceptors (Lipinski definition) is 3. The zero-order valence-electron chi connectivity index (χ0n) is 9.61. The summed E-state index contributed by atoms with van der Waals surface area (Å²) in [6, 6.07) is 5.37. The fourth-order valence-electron chi connectivity index (χ4n) is 1.34. The van der Waals surface area contributed by atoms with Gasteiger partial charge in [-0.25, -0.2) is 8.42 Å². The van der Waals surface area contributed by atoms with E-state index >= 15 is 0 Å². The van der Waals surface area contributed by atoms with Crippen LogP contribution < -0.4 is 4.72 Å². The molecule has 0 aliphatic rings. The average Bonchev–Trinajstić information content (AvgIpc) is 2.25. The van der Waals surface area contributed by atoms with E-state index in [4.69, 9.17) is 5.11 Å². The molecule has 6 heteroatoms. The van der Waals surface area contributed by atoms with Gasteiger partial charge < -0.3 is 5.11 Å². The molecule has 0 aliphatic carbocycles. The first kappa shape index (κ1) is 14.5. The van der Waals surface area contributed by atoms with Gasteiger partial charge in [-0.2, -0.15) is 0 Å². The molecule has 2 N–H and O–H groups in total. The van der Waals surface area contributed by atoms with Crippen LogP contribution in [0, 0.1) is 6.92 Å². The third-order valence-electron chi connectivity index (χ3n) is 2.35. The van der Waals surface area contributed by atoms with E-state index in [1.807, 2.05) is 13.0 Å². The van der Waals surface area contributed by atoms with Gasteiger partial charge in [-0.05, 0) is 37.5 Å². The summed E-state index contributed by atoms with van der Waals surface area (Å²) in [6.45, 7) is 1.86. The summed E-state index contributed by atoms with van der Waals surface area (Å²) in [5.74, 6) is 0.0273. The maximum absolute atomic E-state index is 11.7. The second kappa shape index (κ2) is 6.37. The normalized spacial score (nSPS) is 11.5. The highest BCUT2D eigenvalue weighted by molar-refractivity contribution is 9.10. The lowest BCUT2D eigenvalue weighted by molar-refractivity contribution is 0.287. The lowest BCUT2D eigenvalue weighted by atomic mass is 10.2. The molecule has 0 unspecified atom stereocenters. The molecule has 1 aromatic rings. The molecule has 0 amide bonds. The molecular formula is C11H16BrNO3S. The molecule has 0 saturated carbocycles. The number of halogens is 1. The second-order valence-corrected chi connectivity index (χ2v) is 6.46. The highest BCUT2D eigenvalue weighted by atomic mass is 79.9. The number of sulfonamides is 1. The van der Waals surface area contributed by atoms with Crippen molar-refractivity contribution in [2.45, 2.75) is 19.8 Å². The number of rotatable bonds is 6. The van der Waals surface area contributed by atoms with Crippen molar-refractivity contribution < 1.29 is 13.5 Å². The topological polar surface area (TPSA) is 66.4 Å². The van der Waals surface area contributed by atoms with Crippen LogP contribution in [0.2, 0.25) is 0 Å². The van der Waals surface area contributed by atoms with Crippen LogP contribution in [0.15, 0.2) is 22.7 Å². The van der Waals surface area contributed by atoms with Crippen LogP contribution in [0.3, 0.4) is 0 Å². The molecular weight excluding hydrogens is 306 g/mol. The van der Waals surface area contributed by atoms with E-state index in [0.29, 0.717) is 18.5 Å². The highest BCUT2D eigenvalue weighted by Crippen LogP contribution is 2.24. The Hall–Kier alpha value is -0.590. The Balaban J connectivity index is 2.73. The lowest BCUT2D eigenvalue weighted by Gasteiger charge is -2.11. The van der Waals surface area contributed by atoms with Crippen molar-refractivity contribution in [3.8, 4) is 0 Å². The van der Waals surface area contributed by atoms with Gasteiger partial charge in [0.05, 0.1) is 11.4 Å². The van der Waals surface area contributed by atoms with E-state index in [1.165, 1.54) is 0 Å². The number of aliphatic hydroxyl groups excluding tert-OH is 1. The molecule has 17 heavy (non-hydrogen) atoms. The summed E-state index contributed by atoms with van der Waals surface area (Å²) < 4.78 is 26.9. The quantitative estimate of drug-likeness (QED) is 0.790. The number of hydrogen-bond donors (Lipinski definition) is 2. The lowest BCUT2D eigenvalue weighted by Crippen LogP contribution is -2.17. The number of aliphatic hydroxyl groups is 1. The number of unbranched alkanes of at least 4 members (excludes halogenated alkanes) is 1. The fourth-order valence-corrected chi connectivity index (χ4v) is 2.95. The summed E-state index contributed by atoms with van der Waals surface area (Å²) in [4.78, 5) is 0. The van der Waals surface area contributed by atoms with Gasteiger partial charge in [0.15, 0.2) is 0 Å². The van der Waals surface area contributed by atoms with Crippen molar-refractivity contribution in [3.05, 3.63) is 28.2 Å². The molecule has 0 bridgehead atoms.